The number of hydrogen-bond donors (Lipinski definition) is 2. The van der Waals surface area contributed by atoms with Crippen LogP contribution >= 0.6 is 0 Å². The van der Waals surface area contributed by atoms with Gasteiger partial charge >= 0.3 is 6.18 Å². The van der Waals surface area contributed by atoms with Gasteiger partial charge in [-0.05, 0) is 69.1 Å². The summed E-state index contributed by atoms with van der Waals surface area (Å²) in [6.45, 7) is 11.0. The summed E-state index contributed by atoms with van der Waals surface area (Å²) in [7, 11) is 0. The number of nitrogens with one attached hydrogen (secondary N) is 2. The number of anilines is 3. The molecule has 5 rings (SSSR count). The molecule has 0 aliphatic carbocycles. The molecule has 0 fully saturated rings. The smallest absolute Gasteiger partial charge is 0.420 e. The van der Waals surface area contributed by atoms with Gasteiger partial charge in [-0.15, -0.1) is 0 Å². The predicted octanol–water partition coefficient (Wildman–Crippen LogP) is 6.20. The van der Waals surface area contributed by atoms with E-state index in [9.17, 15) is 17.6 Å². The maximum absolute atomic E-state index is 15.0. The summed E-state index contributed by atoms with van der Waals surface area (Å²) >= 11 is 0. The van der Waals surface area contributed by atoms with E-state index >= 15 is 0 Å². The highest BCUT2D eigenvalue weighted by molar-refractivity contribution is 5.77. The summed E-state index contributed by atoms with van der Waals surface area (Å²) in [4.78, 5) is 9.96. The van der Waals surface area contributed by atoms with Gasteiger partial charge in [-0.3, -0.25) is 0 Å². The number of hydrogen-bond acceptors (Lipinski definition) is 6. The van der Waals surface area contributed by atoms with Crippen LogP contribution in [0.4, 0.5) is 34.9 Å². The molecular weight excluding hydrogens is 486 g/mol. The summed E-state index contributed by atoms with van der Waals surface area (Å²) in [5, 5.41) is 6.37. The average Bonchev–Trinajstić information content (AvgIpc) is 2.84. The minimum absolute atomic E-state index is 0.0397. The standard InChI is InChI=1S/C27H27F4N5O/c1-14(2)36-15(3)16(4)37-25-21(27(29,30)31)10-19(11-23(25)36)24-22(28)13-33-26(35-24)34-20-6-5-18-12-32-8-7-17(18)9-20/h5-6,9-11,13-14,16,32H,3,7-8,12H2,1-2,4H3,(H,33,34,35). The van der Waals surface area contributed by atoms with Crippen molar-refractivity contribution in [1.82, 2.24) is 15.3 Å². The monoisotopic (exact) mass is 513 g/mol. The van der Waals surface area contributed by atoms with Gasteiger partial charge in [0.15, 0.2) is 11.6 Å². The SMILES string of the molecule is C=C1C(C)Oc2c(cc(-c3nc(Nc4ccc5c(c4)CCNC5)ncc3F)cc2C(F)(F)F)N1C(C)C. The Morgan fingerprint density at radius 2 is 1.97 bits per heavy atom. The second-order valence-corrected chi connectivity index (χ2v) is 9.51. The highest BCUT2D eigenvalue weighted by atomic mass is 19.4. The normalized spacial score (nSPS) is 17.4. The number of ether oxygens (including phenoxy) is 1. The minimum atomic E-state index is -4.73. The first-order valence-electron chi connectivity index (χ1n) is 12.1. The van der Waals surface area contributed by atoms with E-state index in [2.05, 4.69) is 27.2 Å². The number of aromatic nitrogens is 2. The first-order chi connectivity index (χ1) is 17.5. The largest absolute Gasteiger partial charge is 0.482 e. The number of halogens is 4. The van der Waals surface area contributed by atoms with Gasteiger partial charge < -0.3 is 20.3 Å². The molecule has 0 amide bonds. The third-order valence-electron chi connectivity index (χ3n) is 6.59. The van der Waals surface area contributed by atoms with E-state index < -0.39 is 23.7 Å². The summed E-state index contributed by atoms with van der Waals surface area (Å²) in [5.41, 5.74) is 2.48. The Morgan fingerprint density at radius 1 is 1.19 bits per heavy atom. The van der Waals surface area contributed by atoms with Crippen molar-refractivity contribution in [2.24, 2.45) is 0 Å². The van der Waals surface area contributed by atoms with E-state index in [-0.39, 0.29) is 34.7 Å². The van der Waals surface area contributed by atoms with Gasteiger partial charge in [-0.2, -0.15) is 13.2 Å². The van der Waals surface area contributed by atoms with Crippen molar-refractivity contribution in [3.05, 3.63) is 71.3 Å². The van der Waals surface area contributed by atoms with Crippen LogP contribution in [-0.2, 0) is 19.1 Å². The molecule has 10 heteroatoms. The molecule has 2 aromatic carbocycles. The number of fused-ring (bicyclic) bond motifs is 2. The van der Waals surface area contributed by atoms with Crippen LogP contribution in [0, 0.1) is 5.82 Å². The topological polar surface area (TPSA) is 62.3 Å². The number of rotatable bonds is 4. The molecule has 6 nitrogen and oxygen atoms in total. The number of benzene rings is 2. The lowest BCUT2D eigenvalue weighted by Crippen LogP contribution is -2.40. The Bertz CT molecular complexity index is 1370. The average molecular weight is 514 g/mol. The Kier molecular flexibility index (Phi) is 6.31. The van der Waals surface area contributed by atoms with E-state index in [4.69, 9.17) is 4.74 Å². The van der Waals surface area contributed by atoms with Gasteiger partial charge in [0.2, 0.25) is 5.95 Å². The van der Waals surface area contributed by atoms with Crippen molar-refractivity contribution in [3.8, 4) is 17.0 Å². The van der Waals surface area contributed by atoms with E-state index in [1.807, 2.05) is 32.0 Å². The van der Waals surface area contributed by atoms with Crippen molar-refractivity contribution >= 4 is 17.3 Å². The molecule has 194 valence electrons. The molecule has 3 heterocycles. The van der Waals surface area contributed by atoms with Gasteiger partial charge in [0, 0.05) is 23.8 Å². The van der Waals surface area contributed by atoms with E-state index in [1.54, 1.807) is 11.8 Å². The highest BCUT2D eigenvalue weighted by Crippen LogP contribution is 2.49. The second kappa shape index (κ2) is 9.33. The van der Waals surface area contributed by atoms with Crippen LogP contribution in [0.5, 0.6) is 5.75 Å². The molecule has 0 saturated carbocycles. The Hall–Kier alpha value is -3.66. The molecular formula is C27H27F4N5O. The fourth-order valence-electron chi connectivity index (χ4n) is 4.78. The van der Waals surface area contributed by atoms with Gasteiger partial charge in [0.1, 0.15) is 17.4 Å². The van der Waals surface area contributed by atoms with Crippen LogP contribution in [0.3, 0.4) is 0 Å². The maximum Gasteiger partial charge on any atom is 0.420 e. The van der Waals surface area contributed by atoms with Gasteiger partial charge in [0.05, 0.1) is 17.6 Å². The van der Waals surface area contributed by atoms with E-state index in [0.717, 1.165) is 31.8 Å². The summed E-state index contributed by atoms with van der Waals surface area (Å²) in [5.74, 6) is -1.07. The molecule has 37 heavy (non-hydrogen) atoms. The van der Waals surface area contributed by atoms with Crippen molar-refractivity contribution in [2.45, 2.75) is 52.1 Å². The molecule has 2 N–H and O–H groups in total. The molecule has 0 saturated heterocycles. The summed E-state index contributed by atoms with van der Waals surface area (Å²) in [6, 6.07) is 7.96. The quantitative estimate of drug-likeness (QED) is 0.405. The lowest BCUT2D eigenvalue weighted by atomic mass is 10.00. The molecule has 1 atom stereocenters. The Morgan fingerprint density at radius 3 is 2.70 bits per heavy atom. The predicted molar refractivity (Wildman–Crippen MR) is 134 cm³/mol. The first kappa shape index (κ1) is 25.0. The van der Waals surface area contributed by atoms with Gasteiger partial charge in [-0.1, -0.05) is 12.6 Å². The van der Waals surface area contributed by atoms with E-state index in [0.29, 0.717) is 11.4 Å². The number of nitrogens with zero attached hydrogens (tertiary/aromatic N) is 3. The van der Waals surface area contributed by atoms with Crippen molar-refractivity contribution in [2.75, 3.05) is 16.8 Å². The molecule has 2 aliphatic rings. The van der Waals surface area contributed by atoms with E-state index in [1.165, 1.54) is 17.2 Å². The summed E-state index contributed by atoms with van der Waals surface area (Å²) in [6.07, 6.45) is -3.56. The van der Waals surface area contributed by atoms with Crippen molar-refractivity contribution in [3.63, 3.8) is 0 Å². The summed E-state index contributed by atoms with van der Waals surface area (Å²) < 4.78 is 63.1. The third-order valence-corrected chi connectivity index (χ3v) is 6.59. The van der Waals surface area contributed by atoms with Crippen LogP contribution < -0.4 is 20.3 Å². The molecule has 3 aromatic rings. The molecule has 0 spiro atoms. The molecule has 0 radical (unpaired) electrons. The fraction of sp³-hybridized carbons (Fsp3) is 0.333. The Labute approximate surface area is 212 Å². The van der Waals surface area contributed by atoms with Crippen LogP contribution in [0.15, 0.2) is 48.8 Å². The second-order valence-electron chi connectivity index (χ2n) is 9.51. The van der Waals surface area contributed by atoms with Crippen LogP contribution in [-0.4, -0.2) is 28.7 Å². The zero-order valence-corrected chi connectivity index (χ0v) is 20.7. The third kappa shape index (κ3) is 4.73. The molecule has 1 aromatic heterocycles. The fourth-order valence-corrected chi connectivity index (χ4v) is 4.78. The highest BCUT2D eigenvalue weighted by Gasteiger charge is 2.41. The Balaban J connectivity index is 1.59. The zero-order valence-electron chi connectivity index (χ0n) is 20.7. The number of alkyl halides is 3. The molecule has 1 unspecified atom stereocenters. The maximum atomic E-state index is 15.0. The molecule has 2 aliphatic heterocycles. The van der Waals surface area contributed by atoms with Crippen LogP contribution in [0.25, 0.3) is 11.3 Å². The first-order valence-corrected chi connectivity index (χ1v) is 12.1. The van der Waals surface area contributed by atoms with Crippen LogP contribution in [0.2, 0.25) is 0 Å². The van der Waals surface area contributed by atoms with Crippen molar-refractivity contribution < 1.29 is 22.3 Å². The minimum Gasteiger partial charge on any atom is -0.482 e. The van der Waals surface area contributed by atoms with Crippen molar-refractivity contribution in [1.29, 1.82) is 0 Å². The van der Waals surface area contributed by atoms with Gasteiger partial charge in [0.25, 0.3) is 0 Å². The van der Waals surface area contributed by atoms with Gasteiger partial charge in [-0.25, -0.2) is 14.4 Å². The molecule has 0 bridgehead atoms. The van der Waals surface area contributed by atoms with Crippen LogP contribution in [0.1, 0.15) is 37.5 Å². The lowest BCUT2D eigenvalue weighted by Gasteiger charge is -2.40. The lowest BCUT2D eigenvalue weighted by molar-refractivity contribution is -0.139. The zero-order chi connectivity index (χ0) is 26.5.